The van der Waals surface area contributed by atoms with Crippen molar-refractivity contribution in [1.82, 2.24) is 25.5 Å². The van der Waals surface area contributed by atoms with Crippen molar-refractivity contribution in [3.63, 3.8) is 0 Å². The number of aromatic nitrogens is 4. The number of nitrogens with one attached hydrogen (secondary N) is 2. The summed E-state index contributed by atoms with van der Waals surface area (Å²) in [4.78, 5) is 15.9. The molecule has 0 radical (unpaired) electrons. The molecule has 2 aromatic carbocycles. The van der Waals surface area contributed by atoms with Gasteiger partial charge in [0.1, 0.15) is 17.4 Å². The number of H-pyrrole nitrogens is 1. The predicted octanol–water partition coefficient (Wildman–Crippen LogP) is 3.48. The van der Waals surface area contributed by atoms with Crippen LogP contribution in [0.1, 0.15) is 30.1 Å². The van der Waals surface area contributed by atoms with Gasteiger partial charge in [0.25, 0.3) is 5.91 Å². The average Bonchev–Trinajstić information content (AvgIpc) is 3.42. The first kappa shape index (κ1) is 19.1. The van der Waals surface area contributed by atoms with Gasteiger partial charge in [0.05, 0.1) is 0 Å². The van der Waals surface area contributed by atoms with E-state index in [1.165, 1.54) is 4.68 Å². The molecule has 2 heterocycles. The second-order valence-electron chi connectivity index (χ2n) is 7.70. The number of hydroxylamine groups is 1. The molecule has 7 heteroatoms. The minimum absolute atomic E-state index is 0.326. The molecule has 1 saturated carbocycles. The smallest absolute Gasteiger partial charge is 0.268 e. The highest BCUT2D eigenvalue weighted by atomic mass is 16.5. The minimum Gasteiger partial charge on any atom is -0.361 e. The number of amides is 1. The van der Waals surface area contributed by atoms with Crippen molar-refractivity contribution in [2.75, 3.05) is 0 Å². The number of hydrogen-bond acceptors (Lipinski definition) is 4. The summed E-state index contributed by atoms with van der Waals surface area (Å²) in [5, 5.41) is 19.1. The zero-order valence-corrected chi connectivity index (χ0v) is 16.7. The molecule has 0 bridgehead atoms. The van der Waals surface area contributed by atoms with Crippen LogP contribution in [-0.2, 0) is 11.2 Å². The standard InChI is InChI=1S/C24H21N5O2/c30-24(27-31)22(14-18-15-25-20-9-5-4-8-19(18)20)29-21(13-12-16-10-11-16)23(26-28-29)17-6-2-1-3-7-17/h1-9,15-16,22,25,31H,10-11,14H2,(H,27,30)/t22-/m0/s1. The number of para-hydroxylation sites is 1. The molecule has 0 aliphatic heterocycles. The molecule has 3 N–H and O–H groups in total. The molecule has 154 valence electrons. The Balaban J connectivity index is 1.60. The second kappa shape index (κ2) is 8.09. The predicted molar refractivity (Wildman–Crippen MR) is 116 cm³/mol. The molecule has 0 spiro atoms. The van der Waals surface area contributed by atoms with Gasteiger partial charge >= 0.3 is 0 Å². The van der Waals surface area contributed by atoms with Crippen molar-refractivity contribution in [3.8, 4) is 23.1 Å². The van der Waals surface area contributed by atoms with E-state index in [0.29, 0.717) is 23.7 Å². The Morgan fingerprint density at radius 2 is 1.97 bits per heavy atom. The molecular formula is C24H21N5O2. The van der Waals surface area contributed by atoms with E-state index in [-0.39, 0.29) is 0 Å². The summed E-state index contributed by atoms with van der Waals surface area (Å²) < 4.78 is 1.53. The Bertz CT molecular complexity index is 1290. The van der Waals surface area contributed by atoms with Gasteiger partial charge < -0.3 is 4.98 Å². The van der Waals surface area contributed by atoms with Crippen LogP contribution in [-0.4, -0.2) is 31.1 Å². The van der Waals surface area contributed by atoms with Gasteiger partial charge in [0, 0.05) is 35.0 Å². The van der Waals surface area contributed by atoms with E-state index in [0.717, 1.165) is 34.9 Å². The third-order valence-corrected chi connectivity index (χ3v) is 5.51. The Kier molecular flexibility index (Phi) is 4.98. The molecule has 1 atom stereocenters. The zero-order valence-electron chi connectivity index (χ0n) is 16.7. The number of hydrogen-bond donors (Lipinski definition) is 3. The van der Waals surface area contributed by atoms with E-state index in [2.05, 4.69) is 27.1 Å². The Labute approximate surface area is 179 Å². The van der Waals surface area contributed by atoms with Crippen molar-refractivity contribution in [2.45, 2.75) is 25.3 Å². The van der Waals surface area contributed by atoms with E-state index >= 15 is 0 Å². The Morgan fingerprint density at radius 1 is 1.19 bits per heavy atom. The number of carbonyl (C=O) groups is 1. The summed E-state index contributed by atoms with van der Waals surface area (Å²) in [5.74, 6) is 6.29. The van der Waals surface area contributed by atoms with Crippen LogP contribution in [0.5, 0.6) is 0 Å². The van der Waals surface area contributed by atoms with Crippen LogP contribution in [0.2, 0.25) is 0 Å². The lowest BCUT2D eigenvalue weighted by Crippen LogP contribution is -2.33. The summed E-state index contributed by atoms with van der Waals surface area (Å²) in [6.07, 6.45) is 4.38. The first-order valence-corrected chi connectivity index (χ1v) is 10.3. The number of rotatable bonds is 5. The van der Waals surface area contributed by atoms with Crippen LogP contribution in [0.15, 0.2) is 60.8 Å². The number of aromatic amines is 1. The number of fused-ring (bicyclic) bond motifs is 1. The molecular weight excluding hydrogens is 390 g/mol. The van der Waals surface area contributed by atoms with Gasteiger partial charge in [-0.2, -0.15) is 0 Å². The van der Waals surface area contributed by atoms with Crippen molar-refractivity contribution >= 4 is 16.8 Å². The quantitative estimate of drug-likeness (QED) is 0.266. The summed E-state index contributed by atoms with van der Waals surface area (Å²) >= 11 is 0. The largest absolute Gasteiger partial charge is 0.361 e. The van der Waals surface area contributed by atoms with Gasteiger partial charge in [-0.3, -0.25) is 10.0 Å². The van der Waals surface area contributed by atoms with Crippen molar-refractivity contribution in [2.24, 2.45) is 5.92 Å². The highest BCUT2D eigenvalue weighted by molar-refractivity contribution is 5.85. The van der Waals surface area contributed by atoms with E-state index in [1.54, 1.807) is 5.48 Å². The summed E-state index contributed by atoms with van der Waals surface area (Å²) in [7, 11) is 0. The fourth-order valence-corrected chi connectivity index (χ4v) is 3.69. The van der Waals surface area contributed by atoms with Crippen molar-refractivity contribution < 1.29 is 10.0 Å². The number of nitrogens with zero attached hydrogens (tertiary/aromatic N) is 3. The van der Waals surface area contributed by atoms with Crippen molar-refractivity contribution in [3.05, 3.63) is 72.1 Å². The van der Waals surface area contributed by atoms with Gasteiger partial charge in [-0.1, -0.05) is 59.7 Å². The second-order valence-corrected chi connectivity index (χ2v) is 7.70. The Morgan fingerprint density at radius 3 is 2.74 bits per heavy atom. The molecule has 0 unspecified atom stereocenters. The maximum Gasteiger partial charge on any atom is 0.268 e. The molecule has 0 saturated heterocycles. The van der Waals surface area contributed by atoms with Crippen LogP contribution < -0.4 is 5.48 Å². The normalized spacial score (nSPS) is 14.1. The van der Waals surface area contributed by atoms with Crippen LogP contribution >= 0.6 is 0 Å². The number of benzene rings is 2. The van der Waals surface area contributed by atoms with Crippen molar-refractivity contribution in [1.29, 1.82) is 0 Å². The monoisotopic (exact) mass is 411 g/mol. The number of carbonyl (C=O) groups excluding carboxylic acids is 1. The van der Waals surface area contributed by atoms with E-state index in [9.17, 15) is 10.0 Å². The highest BCUT2D eigenvalue weighted by Gasteiger charge is 2.28. The topological polar surface area (TPSA) is 95.8 Å². The van der Waals surface area contributed by atoms with Gasteiger partial charge in [0.15, 0.2) is 0 Å². The van der Waals surface area contributed by atoms with E-state index in [4.69, 9.17) is 0 Å². The summed E-state index contributed by atoms with van der Waals surface area (Å²) in [6, 6.07) is 16.8. The Hall–Kier alpha value is -3.89. The molecule has 5 rings (SSSR count). The molecule has 1 aliphatic carbocycles. The highest BCUT2D eigenvalue weighted by Crippen LogP contribution is 2.30. The minimum atomic E-state index is -0.808. The first-order chi connectivity index (χ1) is 15.2. The molecule has 31 heavy (non-hydrogen) atoms. The summed E-state index contributed by atoms with van der Waals surface area (Å²) in [6.45, 7) is 0. The van der Waals surface area contributed by atoms with Gasteiger partial charge in [-0.25, -0.2) is 10.2 Å². The zero-order chi connectivity index (χ0) is 21.2. The molecule has 1 amide bonds. The average molecular weight is 411 g/mol. The van der Waals surface area contributed by atoms with Gasteiger partial charge in [-0.15, -0.1) is 5.10 Å². The van der Waals surface area contributed by atoms with E-state index in [1.807, 2.05) is 60.8 Å². The molecule has 7 nitrogen and oxygen atoms in total. The van der Waals surface area contributed by atoms with Gasteiger partial charge in [-0.05, 0) is 30.4 Å². The first-order valence-electron chi connectivity index (χ1n) is 10.3. The lowest BCUT2D eigenvalue weighted by molar-refractivity contribution is -0.133. The maximum absolute atomic E-state index is 12.7. The molecule has 2 aromatic heterocycles. The van der Waals surface area contributed by atoms with Crippen LogP contribution in [0.4, 0.5) is 0 Å². The van der Waals surface area contributed by atoms with Gasteiger partial charge in [0.2, 0.25) is 0 Å². The fraction of sp³-hybridized carbons (Fsp3) is 0.208. The fourth-order valence-electron chi connectivity index (χ4n) is 3.69. The van der Waals surface area contributed by atoms with Crippen LogP contribution in [0, 0.1) is 17.8 Å². The van der Waals surface area contributed by atoms with Crippen LogP contribution in [0.25, 0.3) is 22.2 Å². The molecule has 4 aromatic rings. The van der Waals surface area contributed by atoms with Crippen LogP contribution in [0.3, 0.4) is 0 Å². The third-order valence-electron chi connectivity index (χ3n) is 5.51. The summed E-state index contributed by atoms with van der Waals surface area (Å²) in [5.41, 5.74) is 5.80. The third kappa shape index (κ3) is 3.81. The SMILES string of the molecule is O=C(NO)[C@H](Cc1c[nH]c2ccccc12)n1nnc(-c2ccccc2)c1C#CC1CC1. The molecule has 1 fully saturated rings. The van der Waals surface area contributed by atoms with E-state index < -0.39 is 11.9 Å². The lowest BCUT2D eigenvalue weighted by Gasteiger charge is -2.16. The molecule has 1 aliphatic rings. The lowest BCUT2D eigenvalue weighted by atomic mass is 10.0. The maximum atomic E-state index is 12.7.